The second-order valence-electron chi connectivity index (χ2n) is 7.87. The summed E-state index contributed by atoms with van der Waals surface area (Å²) in [5, 5.41) is 5.87. The Labute approximate surface area is 186 Å². The fourth-order valence-corrected chi connectivity index (χ4v) is 3.99. The van der Waals surface area contributed by atoms with E-state index in [2.05, 4.69) is 25.5 Å². The molecule has 1 aliphatic carbocycles. The van der Waals surface area contributed by atoms with Crippen LogP contribution in [0.25, 0.3) is 0 Å². The number of likely N-dealkylation sites (tertiary alicyclic amines) is 1. The normalized spacial score (nSPS) is 17.5. The van der Waals surface area contributed by atoms with E-state index in [-0.39, 0.29) is 22.4 Å². The van der Waals surface area contributed by atoms with Gasteiger partial charge in [0.2, 0.25) is 5.88 Å². The highest BCUT2D eigenvalue weighted by atomic mass is 35.5. The first-order chi connectivity index (χ1) is 14.5. The van der Waals surface area contributed by atoms with Gasteiger partial charge in [0.15, 0.2) is 0 Å². The second kappa shape index (κ2) is 9.81. The van der Waals surface area contributed by atoms with Crippen LogP contribution in [0.4, 0.5) is 10.5 Å². The molecule has 0 atom stereocenters. The fraction of sp³-hybridized carbons (Fsp3) is 0.476. The Kier molecular flexibility index (Phi) is 6.92. The molecule has 2 amide bonds. The lowest BCUT2D eigenvalue weighted by molar-refractivity contribution is 0.0944. The molecule has 0 unspecified atom stereocenters. The number of carbonyl (C=O) groups is 1. The van der Waals surface area contributed by atoms with E-state index < -0.39 is 0 Å². The van der Waals surface area contributed by atoms with Crippen LogP contribution in [0.5, 0.6) is 5.88 Å². The molecule has 0 aromatic carbocycles. The van der Waals surface area contributed by atoms with Crippen molar-refractivity contribution in [2.24, 2.45) is 5.92 Å². The first-order valence-electron chi connectivity index (χ1n) is 10.3. The summed E-state index contributed by atoms with van der Waals surface area (Å²) < 4.78 is 6.04. The van der Waals surface area contributed by atoms with E-state index in [9.17, 15) is 4.79 Å². The van der Waals surface area contributed by atoms with Gasteiger partial charge in [-0.25, -0.2) is 14.8 Å². The third kappa shape index (κ3) is 6.45. The number of hydrogen-bond donors (Lipinski definition) is 2. The van der Waals surface area contributed by atoms with Crippen molar-refractivity contribution in [1.82, 2.24) is 20.2 Å². The maximum absolute atomic E-state index is 12.1. The van der Waals surface area contributed by atoms with Crippen molar-refractivity contribution in [1.29, 1.82) is 0 Å². The van der Waals surface area contributed by atoms with Crippen molar-refractivity contribution in [2.45, 2.75) is 38.3 Å². The molecule has 9 heteroatoms. The topological polar surface area (TPSA) is 79.4 Å². The van der Waals surface area contributed by atoms with Crippen LogP contribution in [0.2, 0.25) is 10.3 Å². The molecule has 4 rings (SSSR count). The lowest BCUT2D eigenvalue weighted by Crippen LogP contribution is -2.39. The molecule has 0 radical (unpaired) electrons. The van der Waals surface area contributed by atoms with Gasteiger partial charge in [0.1, 0.15) is 16.4 Å². The summed E-state index contributed by atoms with van der Waals surface area (Å²) >= 11 is 11.7. The highest BCUT2D eigenvalue weighted by Crippen LogP contribution is 2.30. The molecule has 2 fully saturated rings. The monoisotopic (exact) mass is 449 g/mol. The number of ether oxygens (including phenoxy) is 1. The maximum atomic E-state index is 12.1. The van der Waals surface area contributed by atoms with Crippen molar-refractivity contribution < 1.29 is 9.53 Å². The Hall–Kier alpha value is -2.09. The quantitative estimate of drug-likeness (QED) is 0.613. The minimum atomic E-state index is -0.369. The molecule has 2 N–H and O–H groups in total. The Morgan fingerprint density at radius 2 is 1.87 bits per heavy atom. The largest absolute Gasteiger partial charge is 0.474 e. The molecule has 30 heavy (non-hydrogen) atoms. The summed E-state index contributed by atoms with van der Waals surface area (Å²) in [6.07, 6.45) is 6.83. The fourth-order valence-electron chi connectivity index (χ4n) is 3.53. The van der Waals surface area contributed by atoms with E-state index in [0.29, 0.717) is 18.1 Å². The third-order valence-electron chi connectivity index (χ3n) is 5.31. The van der Waals surface area contributed by atoms with Gasteiger partial charge in [0.25, 0.3) is 0 Å². The van der Waals surface area contributed by atoms with E-state index in [4.69, 9.17) is 27.9 Å². The molecule has 2 aromatic rings. The molecule has 1 saturated carbocycles. The van der Waals surface area contributed by atoms with Crippen molar-refractivity contribution in [2.75, 3.05) is 25.0 Å². The van der Waals surface area contributed by atoms with Crippen LogP contribution in [0.3, 0.4) is 0 Å². The van der Waals surface area contributed by atoms with E-state index >= 15 is 0 Å². The Morgan fingerprint density at radius 1 is 1.13 bits per heavy atom. The predicted octanol–water partition coefficient (Wildman–Crippen LogP) is 4.36. The number of hydrogen-bond acceptors (Lipinski definition) is 5. The summed E-state index contributed by atoms with van der Waals surface area (Å²) in [7, 11) is 0. The molecule has 1 saturated heterocycles. The number of nitrogens with zero attached hydrogens (tertiary/aromatic N) is 3. The highest BCUT2D eigenvalue weighted by molar-refractivity contribution is 6.32. The van der Waals surface area contributed by atoms with Crippen molar-refractivity contribution in [3.05, 3.63) is 46.3 Å². The summed E-state index contributed by atoms with van der Waals surface area (Å²) in [5.74, 6) is 1.57. The van der Waals surface area contributed by atoms with Crippen LogP contribution in [-0.2, 0) is 6.54 Å². The van der Waals surface area contributed by atoms with Crippen LogP contribution >= 0.6 is 23.2 Å². The van der Waals surface area contributed by atoms with E-state index in [1.54, 1.807) is 6.20 Å². The first-order valence-corrected chi connectivity index (χ1v) is 11.0. The Bertz CT molecular complexity index is 848. The maximum Gasteiger partial charge on any atom is 0.319 e. The Balaban J connectivity index is 1.19. The summed E-state index contributed by atoms with van der Waals surface area (Å²) in [5.41, 5.74) is 1.35. The number of aromatic nitrogens is 2. The number of piperidine rings is 1. The summed E-state index contributed by atoms with van der Waals surface area (Å²) in [4.78, 5) is 22.8. The van der Waals surface area contributed by atoms with Gasteiger partial charge in [-0.15, -0.1) is 0 Å². The zero-order valence-corrected chi connectivity index (χ0v) is 18.1. The van der Waals surface area contributed by atoms with Crippen LogP contribution in [0.1, 0.15) is 31.2 Å². The van der Waals surface area contributed by atoms with Crippen LogP contribution in [-0.4, -0.2) is 46.6 Å². The number of nitrogens with one attached hydrogen (secondary N) is 2. The third-order valence-corrected chi connectivity index (χ3v) is 5.69. The number of pyridine rings is 2. The van der Waals surface area contributed by atoms with E-state index in [1.807, 2.05) is 12.1 Å². The smallest absolute Gasteiger partial charge is 0.319 e. The number of rotatable bonds is 7. The number of halogens is 2. The van der Waals surface area contributed by atoms with Crippen molar-refractivity contribution >= 4 is 34.9 Å². The average Bonchev–Trinajstić information content (AvgIpc) is 3.52. The van der Waals surface area contributed by atoms with Gasteiger partial charge in [-0.2, -0.15) is 0 Å². The van der Waals surface area contributed by atoms with Gasteiger partial charge in [0.05, 0.1) is 0 Å². The van der Waals surface area contributed by atoms with Gasteiger partial charge in [0, 0.05) is 44.1 Å². The molecular formula is C21H25Cl2N5O2. The lowest BCUT2D eigenvalue weighted by Gasteiger charge is -2.31. The molecular weight excluding hydrogens is 425 g/mol. The van der Waals surface area contributed by atoms with Gasteiger partial charge >= 0.3 is 6.03 Å². The van der Waals surface area contributed by atoms with Gasteiger partial charge < -0.3 is 20.3 Å². The molecule has 160 valence electrons. The molecule has 0 spiro atoms. The molecule has 0 bridgehead atoms. The van der Waals surface area contributed by atoms with Crippen molar-refractivity contribution in [3.63, 3.8) is 0 Å². The van der Waals surface area contributed by atoms with Crippen LogP contribution in [0.15, 0.2) is 30.5 Å². The molecule has 2 aliphatic rings. The molecule has 7 nitrogen and oxygen atoms in total. The van der Waals surface area contributed by atoms with Crippen molar-refractivity contribution in [3.8, 4) is 5.88 Å². The lowest BCUT2D eigenvalue weighted by atomic mass is 10.1. The predicted molar refractivity (Wildman–Crippen MR) is 117 cm³/mol. The number of carbonyl (C=O) groups excluding carboxylic acids is 1. The molecule has 1 aliphatic heterocycles. The minimum absolute atomic E-state index is 0.214. The number of urea groups is 1. The zero-order chi connectivity index (χ0) is 20.9. The first kappa shape index (κ1) is 21.2. The van der Waals surface area contributed by atoms with Gasteiger partial charge in [-0.05, 0) is 49.3 Å². The number of amides is 2. The van der Waals surface area contributed by atoms with Gasteiger partial charge in [-0.1, -0.05) is 29.3 Å². The van der Waals surface area contributed by atoms with E-state index in [1.165, 1.54) is 31.5 Å². The standard InChI is InChI=1S/C21H25Cl2N5O2/c22-18-9-16(10-19(23)27-18)26-21(29)25-12-15-3-4-20(24-11-15)30-17-5-7-28(8-6-17)13-14-1-2-14/h3-4,9-11,14,17H,1-2,5-8,12-13H2,(H2,25,26,27,29). The SMILES string of the molecule is O=C(NCc1ccc(OC2CCN(CC3CC3)CC2)nc1)Nc1cc(Cl)nc(Cl)c1. The minimum Gasteiger partial charge on any atom is -0.474 e. The molecule has 3 heterocycles. The second-order valence-corrected chi connectivity index (χ2v) is 8.65. The summed E-state index contributed by atoms with van der Waals surface area (Å²) in [6.45, 7) is 3.80. The molecule has 2 aromatic heterocycles. The number of anilines is 1. The highest BCUT2D eigenvalue weighted by Gasteiger charge is 2.27. The van der Waals surface area contributed by atoms with Crippen LogP contribution in [0, 0.1) is 5.92 Å². The van der Waals surface area contributed by atoms with E-state index in [0.717, 1.165) is 37.4 Å². The van der Waals surface area contributed by atoms with Crippen LogP contribution < -0.4 is 15.4 Å². The Morgan fingerprint density at radius 3 is 2.50 bits per heavy atom. The zero-order valence-electron chi connectivity index (χ0n) is 16.6. The average molecular weight is 450 g/mol. The summed E-state index contributed by atoms with van der Waals surface area (Å²) in [6, 6.07) is 6.44. The van der Waals surface area contributed by atoms with Gasteiger partial charge in [-0.3, -0.25) is 0 Å².